The Morgan fingerprint density at radius 3 is 2.85 bits per heavy atom. The molecule has 0 saturated heterocycles. The van der Waals surface area contributed by atoms with Gasteiger partial charge in [0.25, 0.3) is 0 Å². The Balaban J connectivity index is 1.50. The molecule has 0 atom stereocenters. The fourth-order valence-electron chi connectivity index (χ4n) is 3.66. The first-order chi connectivity index (χ1) is 16.2. The molecule has 0 fully saturated rings. The molecule has 0 aliphatic carbocycles. The summed E-state index contributed by atoms with van der Waals surface area (Å²) >= 11 is 0. The average molecular weight is 438 g/mol. The number of hydrogen-bond acceptors (Lipinski definition) is 6. The van der Waals surface area contributed by atoms with Crippen LogP contribution in [0.2, 0.25) is 0 Å². The van der Waals surface area contributed by atoms with Crippen LogP contribution in [-0.2, 0) is 4.79 Å². The largest absolute Gasteiger partial charge is 0.427 e. The van der Waals surface area contributed by atoms with E-state index in [9.17, 15) is 4.79 Å². The number of benzene rings is 3. The van der Waals surface area contributed by atoms with Gasteiger partial charge in [-0.05, 0) is 48.9 Å². The van der Waals surface area contributed by atoms with E-state index >= 15 is 0 Å². The second kappa shape index (κ2) is 9.08. The number of aromatic amines is 1. The van der Waals surface area contributed by atoms with E-state index in [4.69, 9.17) is 14.7 Å². The maximum Gasteiger partial charge on any atom is 0.311 e. The van der Waals surface area contributed by atoms with Crippen molar-refractivity contribution < 1.29 is 9.53 Å². The Morgan fingerprint density at radius 2 is 1.94 bits per heavy atom. The van der Waals surface area contributed by atoms with E-state index in [0.29, 0.717) is 23.8 Å². The van der Waals surface area contributed by atoms with Crippen LogP contribution in [0.3, 0.4) is 0 Å². The summed E-state index contributed by atoms with van der Waals surface area (Å²) in [6.45, 7) is 2.05. The number of aromatic nitrogens is 4. The van der Waals surface area contributed by atoms with Crippen LogP contribution in [0.1, 0.15) is 26.2 Å². The summed E-state index contributed by atoms with van der Waals surface area (Å²) in [5, 5.41) is 12.4. The van der Waals surface area contributed by atoms with Crippen molar-refractivity contribution in [2.75, 3.05) is 5.32 Å². The van der Waals surface area contributed by atoms with Crippen molar-refractivity contribution >= 4 is 39.3 Å². The Bertz CT molecular complexity index is 1440. The van der Waals surface area contributed by atoms with Crippen molar-refractivity contribution in [2.24, 2.45) is 0 Å². The molecule has 0 aliphatic heterocycles. The zero-order chi connectivity index (χ0) is 22.6. The molecule has 7 nitrogen and oxygen atoms in total. The van der Waals surface area contributed by atoms with Gasteiger partial charge in [0.05, 0.1) is 17.2 Å². The molecule has 2 aromatic heterocycles. The lowest BCUT2D eigenvalue weighted by atomic mass is 10.1. The molecule has 0 aliphatic rings. The van der Waals surface area contributed by atoms with E-state index in [0.717, 1.165) is 45.9 Å². The van der Waals surface area contributed by atoms with Crippen molar-refractivity contribution in [1.82, 2.24) is 20.2 Å². The summed E-state index contributed by atoms with van der Waals surface area (Å²) in [6.07, 6.45) is 3.95. The number of carbonyl (C=O) groups excluding carboxylic acids is 1. The molecule has 0 amide bonds. The highest BCUT2D eigenvalue weighted by Crippen LogP contribution is 2.29. The number of fused-ring (bicyclic) bond motifs is 2. The minimum Gasteiger partial charge on any atom is -0.427 e. The first kappa shape index (κ1) is 20.6. The van der Waals surface area contributed by atoms with E-state index in [1.54, 1.807) is 18.3 Å². The van der Waals surface area contributed by atoms with Crippen LogP contribution in [0, 0.1) is 0 Å². The molecule has 33 heavy (non-hydrogen) atoms. The van der Waals surface area contributed by atoms with E-state index in [1.807, 2.05) is 61.5 Å². The molecule has 2 N–H and O–H groups in total. The number of unbranched alkanes of at least 4 members (excludes halogenated alkanes) is 1. The second-order valence-corrected chi connectivity index (χ2v) is 7.82. The molecular weight excluding hydrogens is 414 g/mol. The summed E-state index contributed by atoms with van der Waals surface area (Å²) in [7, 11) is 0. The van der Waals surface area contributed by atoms with E-state index in [1.165, 1.54) is 0 Å². The minimum atomic E-state index is -0.231. The number of nitrogens with one attached hydrogen (secondary N) is 2. The lowest BCUT2D eigenvalue weighted by Crippen LogP contribution is -2.07. The number of rotatable bonds is 7. The Hall–Kier alpha value is -4.26. The number of carbonyl (C=O) groups is 1. The zero-order valence-corrected chi connectivity index (χ0v) is 18.2. The number of hydrogen-bond donors (Lipinski definition) is 2. The molecule has 5 aromatic rings. The molecule has 0 spiro atoms. The molecule has 164 valence electrons. The minimum absolute atomic E-state index is 0.231. The summed E-state index contributed by atoms with van der Waals surface area (Å²) in [5.74, 6) is 1.51. The zero-order valence-electron chi connectivity index (χ0n) is 18.2. The third-order valence-corrected chi connectivity index (χ3v) is 5.36. The van der Waals surface area contributed by atoms with Crippen LogP contribution < -0.4 is 10.1 Å². The quantitative estimate of drug-likeness (QED) is 0.239. The maximum atomic E-state index is 12.1. The van der Waals surface area contributed by atoms with Gasteiger partial charge in [-0.1, -0.05) is 37.6 Å². The van der Waals surface area contributed by atoms with Crippen molar-refractivity contribution in [3.05, 3.63) is 72.9 Å². The number of nitrogens with zero attached hydrogens (tertiary/aromatic N) is 3. The van der Waals surface area contributed by atoms with Gasteiger partial charge in [0.15, 0.2) is 5.82 Å². The topological polar surface area (TPSA) is 92.8 Å². The van der Waals surface area contributed by atoms with E-state index in [2.05, 4.69) is 15.5 Å². The van der Waals surface area contributed by atoms with Crippen LogP contribution in [0.4, 0.5) is 11.5 Å². The van der Waals surface area contributed by atoms with Crippen LogP contribution >= 0.6 is 0 Å². The molecule has 5 rings (SSSR count). The fourth-order valence-corrected chi connectivity index (χ4v) is 3.66. The van der Waals surface area contributed by atoms with Gasteiger partial charge in [0.1, 0.15) is 11.6 Å². The highest BCUT2D eigenvalue weighted by Gasteiger charge is 2.12. The normalized spacial score (nSPS) is 11.1. The average Bonchev–Trinajstić information content (AvgIpc) is 3.31. The highest BCUT2D eigenvalue weighted by molar-refractivity contribution is 5.93. The first-order valence-corrected chi connectivity index (χ1v) is 11.0. The molecule has 0 saturated carbocycles. The number of H-pyrrole nitrogens is 1. The molecular formula is C26H23N5O2. The van der Waals surface area contributed by atoms with Gasteiger partial charge in [-0.3, -0.25) is 9.89 Å². The van der Waals surface area contributed by atoms with Gasteiger partial charge < -0.3 is 10.1 Å². The van der Waals surface area contributed by atoms with Crippen molar-refractivity contribution in [2.45, 2.75) is 26.2 Å². The van der Waals surface area contributed by atoms with Crippen molar-refractivity contribution in [1.29, 1.82) is 0 Å². The maximum absolute atomic E-state index is 12.1. The summed E-state index contributed by atoms with van der Waals surface area (Å²) in [4.78, 5) is 21.6. The third kappa shape index (κ3) is 4.52. The van der Waals surface area contributed by atoms with Gasteiger partial charge in [-0.15, -0.1) is 0 Å². The van der Waals surface area contributed by atoms with Gasteiger partial charge >= 0.3 is 5.97 Å². The first-order valence-electron chi connectivity index (χ1n) is 11.0. The molecule has 0 unspecified atom stereocenters. The Labute approximate surface area is 190 Å². The van der Waals surface area contributed by atoms with Crippen LogP contribution in [0.15, 0.2) is 72.9 Å². The van der Waals surface area contributed by atoms with E-state index in [-0.39, 0.29) is 5.97 Å². The fraction of sp³-hybridized carbons (Fsp3) is 0.154. The smallest absolute Gasteiger partial charge is 0.311 e. The monoisotopic (exact) mass is 437 g/mol. The number of para-hydroxylation sites is 1. The number of ether oxygens (including phenoxy) is 1. The van der Waals surface area contributed by atoms with Crippen molar-refractivity contribution in [3.8, 4) is 17.1 Å². The standard InChI is InChI=1S/C26H23N5O2/c1-2-3-11-24(32)33-20-8-6-7-17(15-20)25-29-23-10-5-4-9-21(23)26(30-25)28-19-12-13-22-18(14-19)16-27-31-22/h4-10,12-16H,2-3,11H2,1H3,(H,27,31)(H,28,29,30). The van der Waals surface area contributed by atoms with Gasteiger partial charge in [0, 0.05) is 28.4 Å². The molecule has 7 heteroatoms. The third-order valence-electron chi connectivity index (χ3n) is 5.36. The lowest BCUT2D eigenvalue weighted by molar-refractivity contribution is -0.134. The molecule has 3 aromatic carbocycles. The predicted molar refractivity (Wildman–Crippen MR) is 130 cm³/mol. The SMILES string of the molecule is CCCCC(=O)Oc1cccc(-c2nc(Nc3ccc4[nH]ncc4c3)c3ccccc3n2)c1. The molecule has 0 radical (unpaired) electrons. The van der Waals surface area contributed by atoms with Crippen LogP contribution in [0.5, 0.6) is 5.75 Å². The highest BCUT2D eigenvalue weighted by atomic mass is 16.5. The molecule has 0 bridgehead atoms. The van der Waals surface area contributed by atoms with Crippen LogP contribution in [0.25, 0.3) is 33.2 Å². The number of esters is 1. The summed E-state index contributed by atoms with van der Waals surface area (Å²) in [6, 6.07) is 21.2. The van der Waals surface area contributed by atoms with Crippen LogP contribution in [-0.4, -0.2) is 26.1 Å². The summed E-state index contributed by atoms with van der Waals surface area (Å²) in [5.41, 5.74) is 3.46. The second-order valence-electron chi connectivity index (χ2n) is 7.82. The van der Waals surface area contributed by atoms with Gasteiger partial charge in [-0.25, -0.2) is 9.97 Å². The predicted octanol–water partition coefficient (Wildman–Crippen LogP) is 6.01. The van der Waals surface area contributed by atoms with Gasteiger partial charge in [0.2, 0.25) is 0 Å². The molecule has 2 heterocycles. The number of anilines is 2. The van der Waals surface area contributed by atoms with Gasteiger partial charge in [-0.2, -0.15) is 5.10 Å². The Kier molecular flexibility index (Phi) is 5.68. The summed E-state index contributed by atoms with van der Waals surface area (Å²) < 4.78 is 5.51. The Morgan fingerprint density at radius 1 is 1.03 bits per heavy atom. The van der Waals surface area contributed by atoms with E-state index < -0.39 is 0 Å². The van der Waals surface area contributed by atoms with Crippen molar-refractivity contribution in [3.63, 3.8) is 0 Å². The lowest BCUT2D eigenvalue weighted by Gasteiger charge is -2.12.